The van der Waals surface area contributed by atoms with Gasteiger partial charge in [-0.15, -0.1) is 0 Å². The van der Waals surface area contributed by atoms with Gasteiger partial charge in [-0.2, -0.15) is 0 Å². The third kappa shape index (κ3) is 3.42. The van der Waals surface area contributed by atoms with Gasteiger partial charge in [0.25, 0.3) is 0 Å². The van der Waals surface area contributed by atoms with Crippen molar-refractivity contribution in [2.45, 2.75) is 12.5 Å². The summed E-state index contributed by atoms with van der Waals surface area (Å²) in [6.07, 6.45) is -0.0177. The molecule has 0 aliphatic rings. The van der Waals surface area contributed by atoms with Gasteiger partial charge in [-0.05, 0) is 38.2 Å². The Morgan fingerprint density at radius 3 is 2.40 bits per heavy atom. The van der Waals surface area contributed by atoms with E-state index >= 15 is 0 Å². The van der Waals surface area contributed by atoms with Crippen molar-refractivity contribution in [3.05, 3.63) is 23.8 Å². The molecule has 1 aromatic carbocycles. The van der Waals surface area contributed by atoms with Crippen LogP contribution in [0.25, 0.3) is 0 Å². The van der Waals surface area contributed by atoms with Crippen LogP contribution in [0.2, 0.25) is 0 Å². The van der Waals surface area contributed by atoms with Crippen molar-refractivity contribution < 1.29 is 15.3 Å². The highest BCUT2D eigenvalue weighted by molar-refractivity contribution is 5.41. The first-order chi connectivity index (χ1) is 7.00. The largest absolute Gasteiger partial charge is 0.504 e. The molecular formula is C11H17NO3. The molecule has 0 fully saturated rings. The molecular weight excluding hydrogens is 194 g/mol. The summed E-state index contributed by atoms with van der Waals surface area (Å²) >= 11 is 0. The third-order valence-electron chi connectivity index (χ3n) is 2.23. The van der Waals surface area contributed by atoms with Crippen LogP contribution >= 0.6 is 0 Å². The molecule has 84 valence electrons. The van der Waals surface area contributed by atoms with E-state index in [-0.39, 0.29) is 11.5 Å². The molecule has 1 aromatic rings. The molecule has 1 atom stereocenters. The van der Waals surface area contributed by atoms with Gasteiger partial charge in [0.15, 0.2) is 11.5 Å². The van der Waals surface area contributed by atoms with Crippen LogP contribution in [0.4, 0.5) is 0 Å². The van der Waals surface area contributed by atoms with Gasteiger partial charge in [-0.3, -0.25) is 0 Å². The fraction of sp³-hybridized carbons (Fsp3) is 0.455. The van der Waals surface area contributed by atoms with Gasteiger partial charge < -0.3 is 20.2 Å². The SMILES string of the molecule is CN(C)CCC(O)c1ccc(O)c(O)c1. The summed E-state index contributed by atoms with van der Waals surface area (Å²) in [6.45, 7) is 0.767. The number of aliphatic hydroxyl groups excluding tert-OH is 1. The Labute approximate surface area is 89.4 Å². The average molecular weight is 211 g/mol. The first kappa shape index (κ1) is 11.8. The standard InChI is InChI=1S/C11H17NO3/c1-12(2)6-5-9(13)8-3-4-10(14)11(15)7-8/h3-4,7,9,13-15H,5-6H2,1-2H3. The summed E-state index contributed by atoms with van der Waals surface area (Å²) in [5.74, 6) is -0.366. The lowest BCUT2D eigenvalue weighted by Crippen LogP contribution is -2.15. The van der Waals surface area contributed by atoms with E-state index in [0.717, 1.165) is 6.54 Å². The minimum Gasteiger partial charge on any atom is -0.504 e. The minimum atomic E-state index is -0.612. The Kier molecular flexibility index (Phi) is 3.94. The zero-order valence-electron chi connectivity index (χ0n) is 9.01. The van der Waals surface area contributed by atoms with E-state index in [1.54, 1.807) is 6.07 Å². The molecule has 3 N–H and O–H groups in total. The lowest BCUT2D eigenvalue weighted by molar-refractivity contribution is 0.154. The maximum absolute atomic E-state index is 9.77. The van der Waals surface area contributed by atoms with Crippen molar-refractivity contribution in [1.82, 2.24) is 4.90 Å². The van der Waals surface area contributed by atoms with Crippen LogP contribution in [0, 0.1) is 0 Å². The lowest BCUT2D eigenvalue weighted by Gasteiger charge is -2.15. The van der Waals surface area contributed by atoms with Crippen LogP contribution in [-0.4, -0.2) is 40.9 Å². The van der Waals surface area contributed by atoms with Crippen LogP contribution in [-0.2, 0) is 0 Å². The molecule has 0 amide bonds. The Balaban J connectivity index is 2.65. The number of phenolic OH excluding ortho intramolecular Hbond substituents is 2. The Morgan fingerprint density at radius 2 is 1.87 bits per heavy atom. The fourth-order valence-electron chi connectivity index (χ4n) is 1.29. The van der Waals surface area contributed by atoms with Gasteiger partial charge in [-0.25, -0.2) is 0 Å². The molecule has 0 saturated heterocycles. The number of benzene rings is 1. The van der Waals surface area contributed by atoms with Crippen molar-refractivity contribution >= 4 is 0 Å². The summed E-state index contributed by atoms with van der Waals surface area (Å²) in [6, 6.07) is 4.37. The summed E-state index contributed by atoms with van der Waals surface area (Å²) in [5, 5.41) is 28.1. The first-order valence-corrected chi connectivity index (χ1v) is 4.85. The number of hydrogen-bond donors (Lipinski definition) is 3. The second-order valence-electron chi connectivity index (χ2n) is 3.86. The molecule has 4 nitrogen and oxygen atoms in total. The number of nitrogens with zero attached hydrogens (tertiary/aromatic N) is 1. The van der Waals surface area contributed by atoms with Gasteiger partial charge in [0.1, 0.15) is 0 Å². The topological polar surface area (TPSA) is 63.9 Å². The lowest BCUT2D eigenvalue weighted by atomic mass is 10.1. The highest BCUT2D eigenvalue weighted by Gasteiger charge is 2.10. The second kappa shape index (κ2) is 5.00. The van der Waals surface area contributed by atoms with Crippen molar-refractivity contribution in [3.63, 3.8) is 0 Å². The fourth-order valence-corrected chi connectivity index (χ4v) is 1.29. The van der Waals surface area contributed by atoms with E-state index in [4.69, 9.17) is 5.11 Å². The average Bonchev–Trinajstić information content (AvgIpc) is 2.18. The normalized spacial score (nSPS) is 13.1. The molecule has 1 rings (SSSR count). The maximum atomic E-state index is 9.77. The molecule has 1 unspecified atom stereocenters. The summed E-state index contributed by atoms with van der Waals surface area (Å²) in [4.78, 5) is 1.98. The van der Waals surface area contributed by atoms with Crippen molar-refractivity contribution in [1.29, 1.82) is 0 Å². The van der Waals surface area contributed by atoms with Crippen LogP contribution in [0.1, 0.15) is 18.1 Å². The highest BCUT2D eigenvalue weighted by atomic mass is 16.3. The smallest absolute Gasteiger partial charge is 0.157 e. The monoisotopic (exact) mass is 211 g/mol. The number of hydrogen-bond acceptors (Lipinski definition) is 4. The van der Waals surface area contributed by atoms with Crippen LogP contribution in [0.5, 0.6) is 11.5 Å². The van der Waals surface area contributed by atoms with Gasteiger partial charge in [0.2, 0.25) is 0 Å². The predicted molar refractivity (Wildman–Crippen MR) is 57.9 cm³/mol. The number of rotatable bonds is 4. The predicted octanol–water partition coefficient (Wildman–Crippen LogP) is 1.08. The van der Waals surface area contributed by atoms with Crippen molar-refractivity contribution in [3.8, 4) is 11.5 Å². The van der Waals surface area contributed by atoms with Gasteiger partial charge in [0, 0.05) is 6.54 Å². The Morgan fingerprint density at radius 1 is 1.20 bits per heavy atom. The first-order valence-electron chi connectivity index (χ1n) is 4.85. The van der Waals surface area contributed by atoms with Gasteiger partial charge in [-0.1, -0.05) is 6.07 Å². The maximum Gasteiger partial charge on any atom is 0.157 e. The molecule has 15 heavy (non-hydrogen) atoms. The van der Waals surface area contributed by atoms with E-state index in [9.17, 15) is 10.2 Å². The highest BCUT2D eigenvalue weighted by Crippen LogP contribution is 2.28. The Hall–Kier alpha value is -1.26. The summed E-state index contributed by atoms with van der Waals surface area (Å²) in [5.41, 5.74) is 0.618. The molecule has 4 heteroatoms. The van der Waals surface area contributed by atoms with E-state index in [0.29, 0.717) is 12.0 Å². The Bertz CT molecular complexity index is 326. The van der Waals surface area contributed by atoms with Gasteiger partial charge >= 0.3 is 0 Å². The molecule has 0 aromatic heterocycles. The molecule has 0 spiro atoms. The summed E-state index contributed by atoms with van der Waals surface area (Å²) < 4.78 is 0. The quantitative estimate of drug-likeness (QED) is 0.652. The summed E-state index contributed by atoms with van der Waals surface area (Å²) in [7, 11) is 3.86. The third-order valence-corrected chi connectivity index (χ3v) is 2.23. The van der Waals surface area contributed by atoms with E-state index in [2.05, 4.69) is 0 Å². The van der Waals surface area contributed by atoms with Crippen LogP contribution in [0.3, 0.4) is 0 Å². The molecule has 0 bridgehead atoms. The van der Waals surface area contributed by atoms with Crippen molar-refractivity contribution in [2.24, 2.45) is 0 Å². The molecule has 0 aliphatic heterocycles. The zero-order chi connectivity index (χ0) is 11.4. The van der Waals surface area contributed by atoms with E-state index in [1.807, 2.05) is 19.0 Å². The second-order valence-corrected chi connectivity index (χ2v) is 3.86. The molecule has 0 aliphatic carbocycles. The molecule has 0 heterocycles. The van der Waals surface area contributed by atoms with E-state index in [1.165, 1.54) is 12.1 Å². The van der Waals surface area contributed by atoms with Crippen molar-refractivity contribution in [2.75, 3.05) is 20.6 Å². The number of aromatic hydroxyl groups is 2. The van der Waals surface area contributed by atoms with E-state index < -0.39 is 6.10 Å². The minimum absolute atomic E-state index is 0.168. The van der Waals surface area contributed by atoms with Crippen LogP contribution in [0.15, 0.2) is 18.2 Å². The molecule has 0 saturated carbocycles. The van der Waals surface area contributed by atoms with Gasteiger partial charge in [0.05, 0.1) is 6.10 Å². The number of phenols is 2. The molecule has 0 radical (unpaired) electrons. The zero-order valence-corrected chi connectivity index (χ0v) is 9.01. The van der Waals surface area contributed by atoms with Crippen LogP contribution < -0.4 is 0 Å². The number of aliphatic hydroxyl groups is 1.